The number of aromatic nitrogens is 1. The Balaban J connectivity index is 1.84. The number of carbonyl (C=O) groups is 1. The summed E-state index contributed by atoms with van der Waals surface area (Å²) in [5.41, 5.74) is 1.58. The highest BCUT2D eigenvalue weighted by Gasteiger charge is 2.14. The molecular formula is C22H18BrF2NO4. The highest BCUT2D eigenvalue weighted by Crippen LogP contribution is 2.24. The van der Waals surface area contributed by atoms with Gasteiger partial charge in [0.05, 0.1) is 19.2 Å². The van der Waals surface area contributed by atoms with Crippen molar-refractivity contribution in [3.05, 3.63) is 97.4 Å². The van der Waals surface area contributed by atoms with Crippen LogP contribution < -0.4 is 10.3 Å². The van der Waals surface area contributed by atoms with E-state index in [2.05, 4.69) is 15.9 Å². The molecule has 0 saturated heterocycles. The van der Waals surface area contributed by atoms with Crippen molar-refractivity contribution in [1.29, 1.82) is 0 Å². The van der Waals surface area contributed by atoms with Crippen molar-refractivity contribution in [2.45, 2.75) is 20.1 Å². The van der Waals surface area contributed by atoms with Crippen LogP contribution in [0.15, 0.2) is 57.8 Å². The number of hydrogen-bond donors (Lipinski definition) is 0. The van der Waals surface area contributed by atoms with Gasteiger partial charge in [-0.3, -0.25) is 4.79 Å². The standard InChI is InChI=1S/C22H18BrF2NO4/c1-13-8-19(30-12-16-6-7-17(24)10-18(16)25)20(23)21(27)26(13)11-14-4-3-5-15(9-14)22(28)29-2/h3-10H,11-12H2,1-2H3. The second kappa shape index (κ2) is 9.21. The fraction of sp³-hybridized carbons (Fsp3) is 0.182. The molecule has 0 unspecified atom stereocenters. The Labute approximate surface area is 180 Å². The van der Waals surface area contributed by atoms with E-state index in [0.29, 0.717) is 11.3 Å². The van der Waals surface area contributed by atoms with E-state index in [1.807, 2.05) is 0 Å². The lowest BCUT2D eigenvalue weighted by atomic mass is 10.1. The Kier molecular flexibility index (Phi) is 6.66. The van der Waals surface area contributed by atoms with Gasteiger partial charge in [-0.05, 0) is 52.7 Å². The van der Waals surface area contributed by atoms with Crippen LogP contribution in [0.5, 0.6) is 5.75 Å². The van der Waals surface area contributed by atoms with E-state index in [1.54, 1.807) is 37.3 Å². The largest absolute Gasteiger partial charge is 0.487 e. The van der Waals surface area contributed by atoms with Crippen LogP contribution in [0, 0.1) is 18.6 Å². The van der Waals surface area contributed by atoms with Crippen molar-refractivity contribution in [2.75, 3.05) is 7.11 Å². The number of aryl methyl sites for hydroxylation is 1. The first-order chi connectivity index (χ1) is 14.3. The number of methoxy groups -OCH3 is 1. The lowest BCUT2D eigenvalue weighted by molar-refractivity contribution is 0.0600. The molecule has 0 saturated carbocycles. The number of ether oxygens (including phenoxy) is 2. The van der Waals surface area contributed by atoms with E-state index in [1.165, 1.54) is 17.7 Å². The molecule has 3 rings (SSSR count). The number of nitrogens with zero attached hydrogens (tertiary/aromatic N) is 1. The number of pyridine rings is 1. The lowest BCUT2D eigenvalue weighted by Gasteiger charge is -2.15. The predicted molar refractivity (Wildman–Crippen MR) is 111 cm³/mol. The number of esters is 1. The topological polar surface area (TPSA) is 57.5 Å². The number of carbonyl (C=O) groups excluding carboxylic acids is 1. The Morgan fingerprint density at radius 3 is 2.60 bits per heavy atom. The van der Waals surface area contributed by atoms with Gasteiger partial charge < -0.3 is 14.0 Å². The summed E-state index contributed by atoms with van der Waals surface area (Å²) in [7, 11) is 1.30. The Morgan fingerprint density at radius 1 is 1.13 bits per heavy atom. The molecule has 0 spiro atoms. The van der Waals surface area contributed by atoms with Crippen molar-refractivity contribution < 1.29 is 23.0 Å². The summed E-state index contributed by atoms with van der Waals surface area (Å²) in [6.45, 7) is 1.82. The summed E-state index contributed by atoms with van der Waals surface area (Å²) < 4.78 is 38.9. The third-order valence-corrected chi connectivity index (χ3v) is 5.23. The molecule has 30 heavy (non-hydrogen) atoms. The molecule has 0 N–H and O–H groups in total. The first kappa shape index (κ1) is 21.7. The molecule has 5 nitrogen and oxygen atoms in total. The third kappa shape index (κ3) is 4.76. The van der Waals surface area contributed by atoms with Crippen LogP contribution in [0.4, 0.5) is 8.78 Å². The Bertz CT molecular complexity index is 1160. The average molecular weight is 478 g/mol. The molecule has 0 aliphatic heterocycles. The van der Waals surface area contributed by atoms with Crippen molar-refractivity contribution in [3.63, 3.8) is 0 Å². The van der Waals surface area contributed by atoms with Gasteiger partial charge in [0.25, 0.3) is 5.56 Å². The summed E-state index contributed by atoms with van der Waals surface area (Å²) in [6.07, 6.45) is 0. The minimum absolute atomic E-state index is 0.158. The van der Waals surface area contributed by atoms with Crippen molar-refractivity contribution >= 4 is 21.9 Å². The number of hydrogen-bond acceptors (Lipinski definition) is 4. The smallest absolute Gasteiger partial charge is 0.337 e. The summed E-state index contributed by atoms with van der Waals surface area (Å²) in [5, 5.41) is 0. The minimum Gasteiger partial charge on any atom is -0.487 e. The molecule has 0 aliphatic rings. The number of rotatable bonds is 6. The molecule has 8 heteroatoms. The maximum atomic E-state index is 13.8. The first-order valence-corrected chi connectivity index (χ1v) is 9.73. The molecule has 156 valence electrons. The van der Waals surface area contributed by atoms with Crippen LogP contribution in [0.25, 0.3) is 0 Å². The minimum atomic E-state index is -0.721. The zero-order valence-electron chi connectivity index (χ0n) is 16.2. The van der Waals surface area contributed by atoms with Gasteiger partial charge in [0, 0.05) is 23.4 Å². The van der Waals surface area contributed by atoms with Crippen LogP contribution in [-0.4, -0.2) is 17.6 Å². The van der Waals surface area contributed by atoms with Crippen molar-refractivity contribution in [1.82, 2.24) is 4.57 Å². The van der Waals surface area contributed by atoms with Gasteiger partial charge in [-0.25, -0.2) is 13.6 Å². The van der Waals surface area contributed by atoms with Gasteiger partial charge in [0.2, 0.25) is 0 Å². The molecule has 1 heterocycles. The van der Waals surface area contributed by atoms with E-state index >= 15 is 0 Å². The van der Waals surface area contributed by atoms with Crippen LogP contribution in [-0.2, 0) is 17.9 Å². The van der Waals surface area contributed by atoms with Crippen molar-refractivity contribution in [3.8, 4) is 5.75 Å². The normalized spacial score (nSPS) is 10.7. The van der Waals surface area contributed by atoms with Crippen LogP contribution in [0.2, 0.25) is 0 Å². The monoisotopic (exact) mass is 477 g/mol. The van der Waals surface area contributed by atoms with Crippen LogP contribution in [0.3, 0.4) is 0 Å². The quantitative estimate of drug-likeness (QED) is 0.486. The van der Waals surface area contributed by atoms with E-state index in [0.717, 1.165) is 17.7 Å². The van der Waals surface area contributed by atoms with Gasteiger partial charge in [0.15, 0.2) is 0 Å². The Hall–Kier alpha value is -3.00. The molecule has 0 radical (unpaired) electrons. The molecule has 0 amide bonds. The number of halogens is 3. The van der Waals surface area contributed by atoms with Crippen molar-refractivity contribution in [2.24, 2.45) is 0 Å². The maximum Gasteiger partial charge on any atom is 0.337 e. The second-order valence-corrected chi connectivity index (χ2v) is 7.36. The second-order valence-electron chi connectivity index (χ2n) is 6.57. The van der Waals surface area contributed by atoms with Gasteiger partial charge in [-0.15, -0.1) is 0 Å². The van der Waals surface area contributed by atoms with E-state index in [9.17, 15) is 18.4 Å². The Morgan fingerprint density at radius 2 is 1.90 bits per heavy atom. The summed E-state index contributed by atoms with van der Waals surface area (Å²) in [6, 6.07) is 11.7. The van der Waals surface area contributed by atoms with E-state index in [4.69, 9.17) is 9.47 Å². The SMILES string of the molecule is COC(=O)c1cccc(Cn2c(C)cc(OCc3ccc(F)cc3F)c(Br)c2=O)c1. The predicted octanol–water partition coefficient (Wildman–Crippen LogP) is 4.61. The summed E-state index contributed by atoms with van der Waals surface area (Å²) >= 11 is 3.24. The van der Waals surface area contributed by atoms with Crippen LogP contribution in [0.1, 0.15) is 27.2 Å². The summed E-state index contributed by atoms with van der Waals surface area (Å²) in [5.74, 6) is -1.60. The molecular weight excluding hydrogens is 460 g/mol. The van der Waals surface area contributed by atoms with E-state index in [-0.39, 0.29) is 34.5 Å². The van der Waals surface area contributed by atoms with Gasteiger partial charge in [-0.1, -0.05) is 12.1 Å². The zero-order valence-corrected chi connectivity index (χ0v) is 17.8. The van der Waals surface area contributed by atoms with Crippen LogP contribution >= 0.6 is 15.9 Å². The molecule has 0 aliphatic carbocycles. The number of benzene rings is 2. The molecule has 0 fully saturated rings. The van der Waals surface area contributed by atoms with E-state index < -0.39 is 17.6 Å². The molecule has 1 aromatic heterocycles. The highest BCUT2D eigenvalue weighted by atomic mass is 79.9. The highest BCUT2D eigenvalue weighted by molar-refractivity contribution is 9.10. The lowest BCUT2D eigenvalue weighted by Crippen LogP contribution is -2.24. The fourth-order valence-electron chi connectivity index (χ4n) is 2.91. The van der Waals surface area contributed by atoms with Gasteiger partial charge in [0.1, 0.15) is 28.5 Å². The summed E-state index contributed by atoms with van der Waals surface area (Å²) in [4.78, 5) is 24.6. The average Bonchev–Trinajstić information content (AvgIpc) is 2.73. The maximum absolute atomic E-state index is 13.8. The molecule has 0 bridgehead atoms. The fourth-order valence-corrected chi connectivity index (χ4v) is 3.35. The molecule has 0 atom stereocenters. The van der Waals surface area contributed by atoms with Gasteiger partial charge in [-0.2, -0.15) is 0 Å². The zero-order chi connectivity index (χ0) is 21.8. The third-order valence-electron chi connectivity index (χ3n) is 4.50. The molecule has 2 aromatic carbocycles. The first-order valence-electron chi connectivity index (χ1n) is 8.94. The van der Waals surface area contributed by atoms with Gasteiger partial charge >= 0.3 is 5.97 Å². The molecule has 3 aromatic rings.